The minimum Gasteiger partial charge on any atom is -0.326 e. The molecule has 0 bridgehead atoms. The predicted molar refractivity (Wildman–Crippen MR) is 50.6 cm³/mol. The highest BCUT2D eigenvalue weighted by atomic mass is 31.1. The topological polar surface area (TPSA) is 57.5 Å². The molecule has 0 aromatic rings. The summed E-state index contributed by atoms with van der Waals surface area (Å²) in [6, 6.07) is 0. The van der Waals surface area contributed by atoms with Crippen LogP contribution in [0.4, 0.5) is 0 Å². The van der Waals surface area contributed by atoms with Gasteiger partial charge in [0.15, 0.2) is 0 Å². The molecule has 1 radical (unpaired) electrons. The second-order valence-corrected chi connectivity index (χ2v) is 7.12. The summed E-state index contributed by atoms with van der Waals surface area (Å²) in [5.74, 6) is 0. The molecular weight excluding hydrogens is 178 g/mol. The van der Waals surface area contributed by atoms with Crippen LogP contribution in [0.25, 0.3) is 0 Å². The lowest BCUT2D eigenvalue weighted by Gasteiger charge is -2.14. The molecule has 5 heteroatoms. The first-order valence-corrected chi connectivity index (χ1v) is 7.75. The SMILES string of the molecule is C[CH2][Al-]([CH2]C)[CH2]C.O=[PH](O)O. The average molecular weight is 196 g/mol. The van der Waals surface area contributed by atoms with Crippen molar-refractivity contribution in [1.82, 2.24) is 0 Å². The maximum absolute atomic E-state index is 8.74. The Morgan fingerprint density at radius 1 is 1.09 bits per heavy atom. The molecule has 0 atom stereocenters. The molecule has 0 fully saturated rings. The van der Waals surface area contributed by atoms with Gasteiger partial charge in [0, 0.05) is 0 Å². The van der Waals surface area contributed by atoms with E-state index in [1.807, 2.05) is 0 Å². The van der Waals surface area contributed by atoms with Crippen LogP contribution < -0.4 is 0 Å². The van der Waals surface area contributed by atoms with Crippen molar-refractivity contribution in [2.24, 2.45) is 0 Å². The van der Waals surface area contributed by atoms with E-state index < -0.39 is 8.25 Å². The molecule has 0 amide bonds. The van der Waals surface area contributed by atoms with Crippen molar-refractivity contribution < 1.29 is 14.4 Å². The van der Waals surface area contributed by atoms with Crippen LogP contribution >= 0.6 is 8.25 Å². The molecule has 0 spiro atoms. The van der Waals surface area contributed by atoms with Gasteiger partial charge in [0.1, 0.15) is 0 Å². The van der Waals surface area contributed by atoms with Gasteiger partial charge >= 0.3 is 8.25 Å². The molecule has 3 nitrogen and oxygen atoms in total. The van der Waals surface area contributed by atoms with Gasteiger partial charge in [0.05, 0.1) is 0 Å². The third kappa shape index (κ3) is 18.0. The zero-order valence-corrected chi connectivity index (χ0v) is 9.66. The first kappa shape index (κ1) is 14.2. The Morgan fingerprint density at radius 2 is 1.27 bits per heavy atom. The Bertz CT molecular complexity index is 86.3. The Kier molecular flexibility index (Phi) is 13.8. The Morgan fingerprint density at radius 3 is 1.27 bits per heavy atom. The highest BCUT2D eigenvalue weighted by Crippen LogP contribution is 2.01. The zero-order valence-electron chi connectivity index (χ0n) is 7.50. The van der Waals surface area contributed by atoms with Gasteiger partial charge in [-0.05, 0) is 14.1 Å². The summed E-state index contributed by atoms with van der Waals surface area (Å²) in [6.07, 6.45) is 0. The van der Waals surface area contributed by atoms with E-state index in [-0.39, 0.29) is 14.1 Å². The predicted octanol–water partition coefficient (Wildman–Crippen LogP) is 1.90. The highest BCUT2D eigenvalue weighted by molar-refractivity contribution is 7.30. The number of hydrogen-bond acceptors (Lipinski definition) is 1. The smallest absolute Gasteiger partial charge is 0.314 e. The summed E-state index contributed by atoms with van der Waals surface area (Å²) >= 11 is -0.171. The van der Waals surface area contributed by atoms with E-state index in [1.165, 1.54) is 15.8 Å². The van der Waals surface area contributed by atoms with Crippen LogP contribution in [0, 0.1) is 0 Å². The van der Waals surface area contributed by atoms with Crippen LogP contribution in [0.5, 0.6) is 0 Å². The quantitative estimate of drug-likeness (QED) is 0.535. The van der Waals surface area contributed by atoms with Gasteiger partial charge in [-0.1, -0.05) is 0 Å². The minimum atomic E-state index is -3.13. The van der Waals surface area contributed by atoms with Crippen molar-refractivity contribution in [3.63, 3.8) is 0 Å². The van der Waals surface area contributed by atoms with Gasteiger partial charge in [0.2, 0.25) is 0 Å². The molecule has 2 N–H and O–H groups in total. The van der Waals surface area contributed by atoms with Crippen molar-refractivity contribution in [3.05, 3.63) is 0 Å². The molecular formula is C6H18AlO3P-. The summed E-state index contributed by atoms with van der Waals surface area (Å²) in [4.78, 5) is 14.3. The van der Waals surface area contributed by atoms with Crippen molar-refractivity contribution >= 4 is 22.4 Å². The van der Waals surface area contributed by atoms with E-state index >= 15 is 0 Å². The average Bonchev–Trinajstić information content (AvgIpc) is 1.90. The lowest BCUT2D eigenvalue weighted by Crippen LogP contribution is -2.04. The van der Waals surface area contributed by atoms with Crippen LogP contribution in [0.3, 0.4) is 0 Å². The monoisotopic (exact) mass is 196 g/mol. The van der Waals surface area contributed by atoms with Crippen LogP contribution in [-0.4, -0.2) is 23.9 Å². The van der Waals surface area contributed by atoms with Crippen molar-refractivity contribution in [2.75, 3.05) is 0 Å². The minimum absolute atomic E-state index is 0.171. The number of hydrogen-bond donors (Lipinski definition) is 2. The third-order valence-corrected chi connectivity index (χ3v) is 5.20. The second-order valence-electron chi connectivity index (χ2n) is 2.37. The summed E-state index contributed by atoms with van der Waals surface area (Å²) in [7, 11) is -3.13. The first-order valence-electron chi connectivity index (χ1n) is 4.00. The second kappa shape index (κ2) is 10.7. The van der Waals surface area contributed by atoms with Gasteiger partial charge < -0.3 is 9.79 Å². The lowest BCUT2D eigenvalue weighted by molar-refractivity contribution is 0.405. The van der Waals surface area contributed by atoms with E-state index in [9.17, 15) is 0 Å². The van der Waals surface area contributed by atoms with E-state index in [2.05, 4.69) is 20.8 Å². The number of rotatable bonds is 3. The van der Waals surface area contributed by atoms with Crippen LogP contribution in [0.15, 0.2) is 0 Å². The van der Waals surface area contributed by atoms with Crippen LogP contribution in [-0.2, 0) is 4.57 Å². The van der Waals surface area contributed by atoms with Gasteiger partial charge in [-0.3, -0.25) is 4.57 Å². The normalized spacial score (nSPS) is 9.73. The molecule has 11 heavy (non-hydrogen) atoms. The van der Waals surface area contributed by atoms with Crippen LogP contribution in [0.1, 0.15) is 20.8 Å². The van der Waals surface area contributed by atoms with Gasteiger partial charge in [-0.25, -0.2) is 15.8 Å². The standard InChI is InChI=1S/3C2H5.Al.H3O3P/c3*1-2;;1-4(2)3/h3*1H2,2H3;;4H,(H2,1,2,3)/q;;;-1;. The van der Waals surface area contributed by atoms with Gasteiger partial charge in [0.25, 0.3) is 0 Å². The molecule has 0 aliphatic heterocycles. The first-order chi connectivity index (χ1) is 5.08. The van der Waals surface area contributed by atoms with E-state index in [4.69, 9.17) is 14.4 Å². The maximum atomic E-state index is 8.74. The molecule has 0 saturated heterocycles. The molecule has 69 valence electrons. The van der Waals surface area contributed by atoms with Crippen molar-refractivity contribution in [3.8, 4) is 0 Å². The fourth-order valence-electron chi connectivity index (χ4n) is 0.866. The Balaban J connectivity index is 0. The highest BCUT2D eigenvalue weighted by Gasteiger charge is 1.87. The van der Waals surface area contributed by atoms with E-state index in [0.29, 0.717) is 0 Å². The molecule has 0 aliphatic carbocycles. The fraction of sp³-hybridized carbons (Fsp3) is 1.00. The van der Waals surface area contributed by atoms with Crippen molar-refractivity contribution in [2.45, 2.75) is 36.6 Å². The molecule has 0 heterocycles. The summed E-state index contributed by atoms with van der Waals surface area (Å²) < 4.78 is 8.74. The summed E-state index contributed by atoms with van der Waals surface area (Å²) in [5.41, 5.74) is 0. The molecule has 0 aromatic heterocycles. The largest absolute Gasteiger partial charge is 0.326 e. The Labute approximate surface area is 73.8 Å². The molecule has 0 aromatic carbocycles. The summed E-state index contributed by atoms with van der Waals surface area (Å²) in [6.45, 7) is 6.97. The van der Waals surface area contributed by atoms with Crippen LogP contribution in [0.2, 0.25) is 15.8 Å². The maximum Gasteiger partial charge on any atom is 0.314 e. The van der Waals surface area contributed by atoms with Crippen molar-refractivity contribution in [1.29, 1.82) is 0 Å². The van der Waals surface area contributed by atoms with Gasteiger partial charge in [-0.15, -0.1) is 20.8 Å². The zero-order chi connectivity index (χ0) is 9.28. The van der Waals surface area contributed by atoms with E-state index in [1.54, 1.807) is 0 Å². The third-order valence-electron chi connectivity index (χ3n) is 1.73. The summed E-state index contributed by atoms with van der Waals surface area (Å²) in [5, 5.41) is 4.48. The van der Waals surface area contributed by atoms with Gasteiger partial charge in [-0.2, -0.15) is 0 Å². The lowest BCUT2D eigenvalue weighted by atomic mass is 10.9. The fourth-order valence-corrected chi connectivity index (χ4v) is 2.60. The molecule has 0 saturated carbocycles. The molecule has 0 aliphatic rings. The molecule has 0 rings (SSSR count). The molecule has 0 unspecified atom stereocenters. The van der Waals surface area contributed by atoms with E-state index in [0.717, 1.165) is 0 Å². The Hall–Kier alpha value is 0.682.